The molecule has 0 aliphatic rings. The summed E-state index contributed by atoms with van der Waals surface area (Å²) in [7, 11) is -3.81. The van der Waals surface area contributed by atoms with Gasteiger partial charge in [-0.25, -0.2) is 23.1 Å². The van der Waals surface area contributed by atoms with Gasteiger partial charge in [0.2, 0.25) is 10.0 Å². The Morgan fingerprint density at radius 3 is 2.81 bits per heavy atom. The Balaban J connectivity index is 2.08. The Hall–Kier alpha value is -2.36. The first-order chi connectivity index (χ1) is 12.4. The Labute approximate surface area is 153 Å². The van der Waals surface area contributed by atoms with Crippen LogP contribution in [0.4, 0.5) is 0 Å². The van der Waals surface area contributed by atoms with Crippen LogP contribution >= 0.6 is 0 Å². The van der Waals surface area contributed by atoms with Crippen LogP contribution in [0.15, 0.2) is 47.8 Å². The largest absolute Gasteiger partial charge is 0.380 e. The maximum absolute atomic E-state index is 12.6. The first-order valence-corrected chi connectivity index (χ1v) is 9.66. The highest BCUT2D eigenvalue weighted by molar-refractivity contribution is 7.89. The fraction of sp³-hybridized carbons (Fsp3) is 0.353. The SMILES string of the molecule is CCOCCNC(=O)c1cccc(S(=O)(=O)N[C@H](C)c2ccncn2)c1. The number of benzene rings is 1. The Morgan fingerprint density at radius 2 is 2.12 bits per heavy atom. The summed E-state index contributed by atoms with van der Waals surface area (Å²) in [5.41, 5.74) is 0.812. The molecule has 8 nitrogen and oxygen atoms in total. The number of nitrogens with zero attached hydrogens (tertiary/aromatic N) is 2. The predicted octanol–water partition coefficient (Wildman–Crippen LogP) is 1.28. The zero-order valence-corrected chi connectivity index (χ0v) is 15.5. The maximum Gasteiger partial charge on any atom is 0.251 e. The molecule has 140 valence electrons. The highest BCUT2D eigenvalue weighted by Gasteiger charge is 2.20. The Morgan fingerprint density at radius 1 is 1.31 bits per heavy atom. The van der Waals surface area contributed by atoms with E-state index in [-0.39, 0.29) is 16.4 Å². The van der Waals surface area contributed by atoms with Crippen LogP contribution in [0.1, 0.15) is 35.9 Å². The third-order valence-corrected chi connectivity index (χ3v) is 5.06. The topological polar surface area (TPSA) is 110 Å². The smallest absolute Gasteiger partial charge is 0.251 e. The summed E-state index contributed by atoms with van der Waals surface area (Å²) in [6.45, 7) is 4.88. The summed E-state index contributed by atoms with van der Waals surface area (Å²) in [6.07, 6.45) is 2.90. The molecule has 0 saturated heterocycles. The molecule has 9 heteroatoms. The summed E-state index contributed by atoms with van der Waals surface area (Å²) in [4.78, 5) is 20.0. The standard InChI is InChI=1S/C17H22N4O4S/c1-3-25-10-9-19-17(22)14-5-4-6-15(11-14)26(23,24)21-13(2)16-7-8-18-12-20-16/h4-8,11-13,21H,3,9-10H2,1-2H3,(H,19,22)/t13-/m1/s1. The number of carbonyl (C=O) groups is 1. The molecular weight excluding hydrogens is 356 g/mol. The average Bonchev–Trinajstić information content (AvgIpc) is 2.65. The number of nitrogens with one attached hydrogen (secondary N) is 2. The van der Waals surface area contributed by atoms with Crippen LogP contribution in [0.3, 0.4) is 0 Å². The van der Waals surface area contributed by atoms with Crippen LogP contribution in [0.25, 0.3) is 0 Å². The minimum atomic E-state index is -3.81. The zero-order chi connectivity index (χ0) is 19.0. The minimum Gasteiger partial charge on any atom is -0.380 e. The second-order valence-electron chi connectivity index (χ2n) is 5.46. The lowest BCUT2D eigenvalue weighted by atomic mass is 10.2. The maximum atomic E-state index is 12.6. The number of sulfonamides is 1. The third kappa shape index (κ3) is 5.58. The lowest BCUT2D eigenvalue weighted by Crippen LogP contribution is -2.29. The van der Waals surface area contributed by atoms with Gasteiger partial charge in [-0.3, -0.25) is 4.79 Å². The quantitative estimate of drug-likeness (QED) is 0.636. The van der Waals surface area contributed by atoms with E-state index < -0.39 is 16.1 Å². The van der Waals surface area contributed by atoms with Crippen molar-refractivity contribution in [3.05, 3.63) is 54.1 Å². The molecule has 2 N–H and O–H groups in total. The Kier molecular flexibility index (Phi) is 7.19. The van der Waals surface area contributed by atoms with Crippen molar-refractivity contribution in [2.45, 2.75) is 24.8 Å². The second-order valence-corrected chi connectivity index (χ2v) is 7.17. The van der Waals surface area contributed by atoms with E-state index in [4.69, 9.17) is 4.74 Å². The molecule has 1 aromatic carbocycles. The summed E-state index contributed by atoms with van der Waals surface area (Å²) in [6, 6.07) is 6.96. The average molecular weight is 378 g/mol. The molecule has 26 heavy (non-hydrogen) atoms. The van der Waals surface area contributed by atoms with E-state index in [1.807, 2.05) is 6.92 Å². The van der Waals surface area contributed by atoms with Crippen molar-refractivity contribution in [3.63, 3.8) is 0 Å². The normalized spacial score (nSPS) is 12.5. The third-order valence-electron chi connectivity index (χ3n) is 3.52. The fourth-order valence-corrected chi connectivity index (χ4v) is 3.47. The Bertz CT molecular complexity index is 828. The van der Waals surface area contributed by atoms with E-state index in [0.717, 1.165) is 0 Å². The molecule has 0 bridgehead atoms. The second kappa shape index (κ2) is 9.37. The van der Waals surface area contributed by atoms with Gasteiger partial charge in [0.25, 0.3) is 5.91 Å². The molecule has 2 rings (SSSR count). The predicted molar refractivity (Wildman–Crippen MR) is 96.0 cm³/mol. The lowest BCUT2D eigenvalue weighted by molar-refractivity contribution is 0.0922. The molecule has 1 aromatic heterocycles. The van der Waals surface area contributed by atoms with Gasteiger partial charge in [0.1, 0.15) is 6.33 Å². The van der Waals surface area contributed by atoms with Gasteiger partial charge < -0.3 is 10.1 Å². The summed E-state index contributed by atoms with van der Waals surface area (Å²) >= 11 is 0. The molecule has 0 spiro atoms. The number of hydrogen-bond acceptors (Lipinski definition) is 6. The van der Waals surface area contributed by atoms with Gasteiger partial charge in [-0.2, -0.15) is 0 Å². The van der Waals surface area contributed by atoms with Crippen molar-refractivity contribution in [2.75, 3.05) is 19.8 Å². The van der Waals surface area contributed by atoms with Gasteiger partial charge in [-0.15, -0.1) is 0 Å². The molecule has 1 atom stereocenters. The summed E-state index contributed by atoms with van der Waals surface area (Å²) in [5, 5.41) is 2.68. The van der Waals surface area contributed by atoms with E-state index in [1.54, 1.807) is 25.3 Å². The van der Waals surface area contributed by atoms with Crippen LogP contribution in [-0.4, -0.2) is 44.1 Å². The van der Waals surface area contributed by atoms with Crippen LogP contribution < -0.4 is 10.0 Å². The molecule has 2 aromatic rings. The van der Waals surface area contributed by atoms with Gasteiger partial charge in [-0.1, -0.05) is 6.07 Å². The molecule has 0 fully saturated rings. The number of rotatable bonds is 9. The lowest BCUT2D eigenvalue weighted by Gasteiger charge is -2.14. The van der Waals surface area contributed by atoms with Crippen molar-refractivity contribution in [3.8, 4) is 0 Å². The van der Waals surface area contributed by atoms with Crippen LogP contribution in [-0.2, 0) is 14.8 Å². The number of hydrogen-bond donors (Lipinski definition) is 2. The van der Waals surface area contributed by atoms with Crippen molar-refractivity contribution in [2.24, 2.45) is 0 Å². The number of amides is 1. The molecule has 1 heterocycles. The molecule has 1 amide bonds. The van der Waals surface area contributed by atoms with Gasteiger partial charge >= 0.3 is 0 Å². The van der Waals surface area contributed by atoms with E-state index >= 15 is 0 Å². The first-order valence-electron chi connectivity index (χ1n) is 8.18. The number of carbonyl (C=O) groups excluding carboxylic acids is 1. The van der Waals surface area contributed by atoms with Gasteiger partial charge in [0.05, 0.1) is 23.2 Å². The monoisotopic (exact) mass is 378 g/mol. The molecule has 0 unspecified atom stereocenters. The van der Waals surface area contributed by atoms with E-state index in [0.29, 0.717) is 25.5 Å². The van der Waals surface area contributed by atoms with Crippen molar-refractivity contribution in [1.82, 2.24) is 20.0 Å². The summed E-state index contributed by atoms with van der Waals surface area (Å²) < 4.78 is 32.9. The number of aromatic nitrogens is 2. The van der Waals surface area contributed by atoms with Crippen molar-refractivity contribution < 1.29 is 17.9 Å². The van der Waals surface area contributed by atoms with Gasteiger partial charge in [-0.05, 0) is 38.1 Å². The zero-order valence-electron chi connectivity index (χ0n) is 14.7. The molecule has 0 aliphatic heterocycles. The molecule has 0 aliphatic carbocycles. The van der Waals surface area contributed by atoms with E-state index in [9.17, 15) is 13.2 Å². The molecular formula is C17H22N4O4S. The highest BCUT2D eigenvalue weighted by Crippen LogP contribution is 2.16. The van der Waals surface area contributed by atoms with Crippen LogP contribution in [0.5, 0.6) is 0 Å². The molecule has 0 radical (unpaired) electrons. The van der Waals surface area contributed by atoms with Gasteiger partial charge in [0, 0.05) is 24.9 Å². The number of ether oxygens (including phenoxy) is 1. The summed E-state index contributed by atoms with van der Waals surface area (Å²) in [5.74, 6) is -0.356. The van der Waals surface area contributed by atoms with Crippen molar-refractivity contribution in [1.29, 1.82) is 0 Å². The van der Waals surface area contributed by atoms with E-state index in [1.165, 1.54) is 24.5 Å². The van der Waals surface area contributed by atoms with E-state index in [2.05, 4.69) is 20.0 Å². The van der Waals surface area contributed by atoms with Crippen molar-refractivity contribution >= 4 is 15.9 Å². The van der Waals surface area contributed by atoms with Crippen LogP contribution in [0, 0.1) is 0 Å². The van der Waals surface area contributed by atoms with Crippen LogP contribution in [0.2, 0.25) is 0 Å². The fourth-order valence-electron chi connectivity index (χ4n) is 2.21. The van der Waals surface area contributed by atoms with Gasteiger partial charge in [0.15, 0.2) is 0 Å². The first kappa shape index (κ1) is 20.0. The highest BCUT2D eigenvalue weighted by atomic mass is 32.2. The molecule has 0 saturated carbocycles. The minimum absolute atomic E-state index is 0.0101.